The first kappa shape index (κ1) is 16.1. The summed E-state index contributed by atoms with van der Waals surface area (Å²) in [4.78, 5) is 23.1. The van der Waals surface area contributed by atoms with Gasteiger partial charge in [0.25, 0.3) is 0 Å². The van der Waals surface area contributed by atoms with Gasteiger partial charge in [-0.15, -0.1) is 0 Å². The predicted molar refractivity (Wildman–Crippen MR) is 68.3 cm³/mol. The van der Waals surface area contributed by atoms with E-state index < -0.39 is 35.3 Å². The lowest BCUT2D eigenvalue weighted by molar-refractivity contribution is -0.182. The Labute approximate surface area is 121 Å². The Morgan fingerprint density at radius 3 is 2.00 bits per heavy atom. The molecule has 2 N–H and O–H groups in total. The Morgan fingerprint density at radius 2 is 1.62 bits per heavy atom. The van der Waals surface area contributed by atoms with E-state index in [0.29, 0.717) is 12.8 Å². The number of amides is 1. The minimum Gasteiger partial charge on any atom is -0.481 e. The Hall–Kier alpha value is -1.27. The number of halogens is 3. The first-order chi connectivity index (χ1) is 9.55. The summed E-state index contributed by atoms with van der Waals surface area (Å²) in [5.74, 6) is -3.92. The van der Waals surface area contributed by atoms with Gasteiger partial charge in [0.2, 0.25) is 5.91 Å². The first-order valence-corrected chi connectivity index (χ1v) is 7.15. The highest BCUT2D eigenvalue weighted by atomic mass is 19.4. The molecule has 0 aromatic carbocycles. The highest BCUT2D eigenvalue weighted by Crippen LogP contribution is 2.58. The molecular formula is C14H20F3NO3. The molecule has 0 bridgehead atoms. The number of carbonyl (C=O) groups excluding carboxylic acids is 1. The van der Waals surface area contributed by atoms with Crippen molar-refractivity contribution >= 4 is 11.9 Å². The molecule has 4 nitrogen and oxygen atoms in total. The van der Waals surface area contributed by atoms with Crippen LogP contribution in [0.15, 0.2) is 0 Å². The zero-order valence-corrected chi connectivity index (χ0v) is 12.0. The van der Waals surface area contributed by atoms with Crippen molar-refractivity contribution in [3.05, 3.63) is 0 Å². The van der Waals surface area contributed by atoms with E-state index in [9.17, 15) is 22.8 Å². The maximum atomic E-state index is 12.6. The smallest absolute Gasteiger partial charge is 0.391 e. The number of rotatable bonds is 3. The molecular weight excluding hydrogens is 287 g/mol. The van der Waals surface area contributed by atoms with E-state index in [0.717, 1.165) is 0 Å². The number of aliphatic carboxylic acids is 1. The van der Waals surface area contributed by atoms with Gasteiger partial charge in [0.1, 0.15) is 0 Å². The van der Waals surface area contributed by atoms with Gasteiger partial charge in [0.05, 0.1) is 17.8 Å². The summed E-state index contributed by atoms with van der Waals surface area (Å²) in [6, 6.07) is -0.276. The normalized spacial score (nSPS) is 35.1. The third kappa shape index (κ3) is 3.16. The van der Waals surface area contributed by atoms with Crippen LogP contribution >= 0.6 is 0 Å². The lowest BCUT2D eigenvalue weighted by Crippen LogP contribution is -2.41. The quantitative estimate of drug-likeness (QED) is 0.842. The standard InChI is InChI=1S/C14H20F3NO3/c1-13(2)9(10(13)12(20)21)11(19)18-8-5-3-7(4-6-8)14(15,16)17/h7-10H,3-6H2,1-2H3,(H,18,19)(H,20,21). The summed E-state index contributed by atoms with van der Waals surface area (Å²) in [6.45, 7) is 3.44. The van der Waals surface area contributed by atoms with Crippen LogP contribution in [-0.2, 0) is 9.59 Å². The van der Waals surface area contributed by atoms with Crippen LogP contribution < -0.4 is 5.32 Å². The minimum atomic E-state index is -4.16. The fourth-order valence-corrected chi connectivity index (χ4v) is 3.44. The van der Waals surface area contributed by atoms with Gasteiger partial charge in [-0.3, -0.25) is 9.59 Å². The molecule has 0 aromatic heterocycles. The summed E-state index contributed by atoms with van der Waals surface area (Å²) >= 11 is 0. The fourth-order valence-electron chi connectivity index (χ4n) is 3.44. The van der Waals surface area contributed by atoms with Gasteiger partial charge >= 0.3 is 12.1 Å². The summed E-state index contributed by atoms with van der Waals surface area (Å²) in [7, 11) is 0. The molecule has 2 fully saturated rings. The number of carboxylic acid groups (broad SMARTS) is 1. The number of nitrogens with one attached hydrogen (secondary N) is 1. The second kappa shape index (κ2) is 5.18. The average Bonchev–Trinajstić information content (AvgIpc) is 2.92. The van der Waals surface area contributed by atoms with E-state index >= 15 is 0 Å². The van der Waals surface area contributed by atoms with Crippen molar-refractivity contribution in [2.24, 2.45) is 23.2 Å². The summed E-state index contributed by atoms with van der Waals surface area (Å²) in [6.07, 6.45) is -3.54. The van der Waals surface area contributed by atoms with Crippen molar-refractivity contribution in [3.8, 4) is 0 Å². The third-order valence-electron chi connectivity index (χ3n) is 4.91. The third-order valence-corrected chi connectivity index (χ3v) is 4.91. The molecule has 0 aliphatic heterocycles. The van der Waals surface area contributed by atoms with Crippen LogP contribution in [0.5, 0.6) is 0 Å². The molecule has 0 saturated heterocycles. The molecule has 2 aliphatic carbocycles. The number of hydrogen-bond donors (Lipinski definition) is 2. The van der Waals surface area contributed by atoms with Crippen LogP contribution in [0.3, 0.4) is 0 Å². The van der Waals surface area contributed by atoms with E-state index in [-0.39, 0.29) is 24.8 Å². The van der Waals surface area contributed by atoms with Gasteiger partial charge in [0.15, 0.2) is 0 Å². The highest BCUT2D eigenvalue weighted by molar-refractivity contribution is 5.91. The molecule has 7 heteroatoms. The van der Waals surface area contributed by atoms with Crippen LogP contribution in [0.25, 0.3) is 0 Å². The number of carboxylic acids is 1. The van der Waals surface area contributed by atoms with Gasteiger partial charge in [-0.05, 0) is 31.1 Å². The molecule has 2 rings (SSSR count). The van der Waals surface area contributed by atoms with Gasteiger partial charge in [-0.25, -0.2) is 0 Å². The van der Waals surface area contributed by atoms with Crippen molar-refractivity contribution in [1.82, 2.24) is 5.32 Å². The molecule has 0 aromatic rings. The van der Waals surface area contributed by atoms with Crippen LogP contribution in [0.4, 0.5) is 13.2 Å². The topological polar surface area (TPSA) is 66.4 Å². The zero-order chi connectivity index (χ0) is 16.0. The molecule has 2 unspecified atom stereocenters. The number of carbonyl (C=O) groups is 2. The number of hydrogen-bond acceptors (Lipinski definition) is 2. The van der Waals surface area contributed by atoms with Crippen molar-refractivity contribution in [2.75, 3.05) is 0 Å². The van der Waals surface area contributed by atoms with Gasteiger partial charge in [0, 0.05) is 6.04 Å². The first-order valence-electron chi connectivity index (χ1n) is 7.15. The van der Waals surface area contributed by atoms with E-state index in [1.165, 1.54) is 0 Å². The van der Waals surface area contributed by atoms with E-state index in [1.54, 1.807) is 13.8 Å². The van der Waals surface area contributed by atoms with E-state index in [1.807, 2.05) is 0 Å². The predicted octanol–water partition coefficient (Wildman–Crippen LogP) is 2.58. The van der Waals surface area contributed by atoms with Crippen LogP contribution in [0, 0.1) is 23.2 Å². The Balaban J connectivity index is 1.85. The monoisotopic (exact) mass is 307 g/mol. The van der Waals surface area contributed by atoms with E-state index in [2.05, 4.69) is 5.32 Å². The average molecular weight is 307 g/mol. The largest absolute Gasteiger partial charge is 0.481 e. The van der Waals surface area contributed by atoms with Crippen molar-refractivity contribution in [1.29, 1.82) is 0 Å². The fraction of sp³-hybridized carbons (Fsp3) is 0.857. The van der Waals surface area contributed by atoms with Gasteiger partial charge in [-0.2, -0.15) is 13.2 Å². The molecule has 0 heterocycles. The van der Waals surface area contributed by atoms with Gasteiger partial charge < -0.3 is 10.4 Å². The maximum absolute atomic E-state index is 12.6. The summed E-state index contributed by atoms with van der Waals surface area (Å²) in [5.41, 5.74) is -0.584. The van der Waals surface area contributed by atoms with E-state index in [4.69, 9.17) is 5.11 Å². The lowest BCUT2D eigenvalue weighted by Gasteiger charge is -2.30. The van der Waals surface area contributed by atoms with Crippen LogP contribution in [0.1, 0.15) is 39.5 Å². The zero-order valence-electron chi connectivity index (χ0n) is 12.0. The summed E-state index contributed by atoms with van der Waals surface area (Å²) in [5, 5.41) is 11.8. The molecule has 0 spiro atoms. The highest BCUT2D eigenvalue weighted by Gasteiger charge is 2.66. The maximum Gasteiger partial charge on any atom is 0.391 e. The molecule has 21 heavy (non-hydrogen) atoms. The van der Waals surface area contributed by atoms with Gasteiger partial charge in [-0.1, -0.05) is 13.8 Å². The Kier molecular flexibility index (Phi) is 3.97. The lowest BCUT2D eigenvalue weighted by atomic mass is 9.85. The van der Waals surface area contributed by atoms with Crippen LogP contribution in [0.2, 0.25) is 0 Å². The molecule has 2 saturated carbocycles. The Morgan fingerprint density at radius 1 is 1.10 bits per heavy atom. The van der Waals surface area contributed by atoms with Crippen molar-refractivity contribution in [3.63, 3.8) is 0 Å². The van der Waals surface area contributed by atoms with Crippen LogP contribution in [-0.4, -0.2) is 29.2 Å². The summed E-state index contributed by atoms with van der Waals surface area (Å²) < 4.78 is 37.7. The molecule has 2 atom stereocenters. The SMILES string of the molecule is CC1(C)C(C(=O)O)C1C(=O)NC1CCC(C(F)(F)F)CC1. The van der Waals surface area contributed by atoms with Crippen molar-refractivity contribution in [2.45, 2.75) is 51.7 Å². The Bertz CT molecular complexity index is 439. The molecule has 0 radical (unpaired) electrons. The minimum absolute atomic E-state index is 0.0187. The number of alkyl halides is 3. The second-order valence-corrected chi connectivity index (χ2v) is 6.71. The molecule has 120 valence electrons. The molecule has 2 aliphatic rings. The van der Waals surface area contributed by atoms with Crippen molar-refractivity contribution < 1.29 is 27.9 Å². The molecule has 1 amide bonds. The second-order valence-electron chi connectivity index (χ2n) is 6.71.